The number of amides is 3. The van der Waals surface area contributed by atoms with Crippen molar-refractivity contribution in [1.82, 2.24) is 4.90 Å². The van der Waals surface area contributed by atoms with Crippen LogP contribution in [0, 0.1) is 22.0 Å². The van der Waals surface area contributed by atoms with Crippen molar-refractivity contribution in [1.29, 1.82) is 0 Å². The predicted octanol–water partition coefficient (Wildman–Crippen LogP) is 0.511. The van der Waals surface area contributed by atoms with Crippen molar-refractivity contribution in [3.05, 3.63) is 70.3 Å². The first-order chi connectivity index (χ1) is 17.6. The number of nitro benzene ring substituents is 1. The zero-order valence-electron chi connectivity index (χ0n) is 19.5. The van der Waals surface area contributed by atoms with Gasteiger partial charge in [0, 0.05) is 17.7 Å². The molecule has 13 heteroatoms. The summed E-state index contributed by atoms with van der Waals surface area (Å²) in [6.45, 7) is -0.735. The highest BCUT2D eigenvalue weighted by Crippen LogP contribution is 2.64. The SMILES string of the molecule is COC(=O)CN1C(=O)C2(C(=O)OC)OC1(c1ccc([N+](=O)[O-])cc1)C1C(=O)N(c3ccccc3)C(=O)C12. The van der Waals surface area contributed by atoms with E-state index in [0.29, 0.717) is 0 Å². The fourth-order valence-corrected chi connectivity index (χ4v) is 5.44. The maximum absolute atomic E-state index is 13.9. The lowest BCUT2D eigenvalue weighted by Gasteiger charge is -2.40. The second-order valence-electron chi connectivity index (χ2n) is 8.60. The highest BCUT2D eigenvalue weighted by Gasteiger charge is 2.86. The van der Waals surface area contributed by atoms with Crippen LogP contribution in [-0.2, 0) is 43.9 Å². The Morgan fingerprint density at radius 2 is 1.59 bits per heavy atom. The highest BCUT2D eigenvalue weighted by atomic mass is 16.6. The summed E-state index contributed by atoms with van der Waals surface area (Å²) in [7, 11) is 2.08. The first-order valence-electron chi connectivity index (χ1n) is 11.0. The Kier molecular flexibility index (Phi) is 5.33. The molecule has 37 heavy (non-hydrogen) atoms. The molecule has 4 atom stereocenters. The van der Waals surface area contributed by atoms with Crippen LogP contribution in [-0.4, -0.2) is 65.8 Å². The Bertz CT molecular complexity index is 1360. The maximum Gasteiger partial charge on any atom is 0.349 e. The number of rotatable bonds is 6. The monoisotopic (exact) mass is 509 g/mol. The molecule has 2 aromatic carbocycles. The van der Waals surface area contributed by atoms with Gasteiger partial charge in [-0.05, 0) is 24.3 Å². The van der Waals surface area contributed by atoms with E-state index in [1.807, 2.05) is 0 Å². The first-order valence-corrected chi connectivity index (χ1v) is 11.0. The molecule has 2 bridgehead atoms. The molecular formula is C24H19N3O10. The molecule has 0 saturated carbocycles. The van der Waals surface area contributed by atoms with Crippen molar-refractivity contribution in [2.75, 3.05) is 25.7 Å². The molecule has 13 nitrogen and oxygen atoms in total. The minimum absolute atomic E-state index is 0.0460. The molecule has 2 aromatic rings. The summed E-state index contributed by atoms with van der Waals surface area (Å²) in [5, 5.41) is 11.2. The fourth-order valence-electron chi connectivity index (χ4n) is 5.44. The molecule has 0 aliphatic carbocycles. The van der Waals surface area contributed by atoms with Gasteiger partial charge in [-0.1, -0.05) is 18.2 Å². The number of para-hydroxylation sites is 1. The van der Waals surface area contributed by atoms with E-state index >= 15 is 0 Å². The molecule has 190 valence electrons. The summed E-state index contributed by atoms with van der Waals surface area (Å²) in [6, 6.07) is 12.6. The minimum atomic E-state index is -2.58. The van der Waals surface area contributed by atoms with E-state index in [0.717, 1.165) is 36.2 Å². The van der Waals surface area contributed by atoms with Gasteiger partial charge in [-0.15, -0.1) is 0 Å². The van der Waals surface area contributed by atoms with E-state index in [4.69, 9.17) is 14.2 Å². The molecule has 3 heterocycles. The highest BCUT2D eigenvalue weighted by molar-refractivity contribution is 6.28. The third-order valence-electron chi connectivity index (χ3n) is 6.96. The predicted molar refractivity (Wildman–Crippen MR) is 120 cm³/mol. The molecule has 0 radical (unpaired) electrons. The number of nitro groups is 1. The van der Waals surface area contributed by atoms with Gasteiger partial charge in [-0.2, -0.15) is 0 Å². The molecule has 3 aliphatic rings. The Hall–Kier alpha value is -4.65. The largest absolute Gasteiger partial charge is 0.468 e. The number of nitrogens with zero attached hydrogens (tertiary/aromatic N) is 3. The van der Waals surface area contributed by atoms with Crippen LogP contribution in [0.2, 0.25) is 0 Å². The Balaban J connectivity index is 1.77. The normalized spacial score (nSPS) is 27.9. The number of piperidine rings is 1. The lowest BCUT2D eigenvalue weighted by atomic mass is 9.72. The minimum Gasteiger partial charge on any atom is -0.468 e. The second kappa shape index (κ2) is 8.20. The quantitative estimate of drug-likeness (QED) is 0.176. The molecule has 0 aromatic heterocycles. The van der Waals surface area contributed by atoms with Gasteiger partial charge < -0.3 is 14.2 Å². The molecule has 3 fully saturated rings. The average molecular weight is 509 g/mol. The number of hydrogen-bond donors (Lipinski definition) is 0. The van der Waals surface area contributed by atoms with Gasteiger partial charge in [-0.25, -0.2) is 9.69 Å². The Labute approximate surface area is 208 Å². The number of imide groups is 1. The summed E-state index contributed by atoms with van der Waals surface area (Å²) >= 11 is 0. The van der Waals surface area contributed by atoms with E-state index in [2.05, 4.69) is 0 Å². The smallest absolute Gasteiger partial charge is 0.349 e. The lowest BCUT2D eigenvalue weighted by molar-refractivity contribution is -0.384. The lowest BCUT2D eigenvalue weighted by Crippen LogP contribution is -2.62. The molecule has 4 unspecified atom stereocenters. The van der Waals surface area contributed by atoms with Crippen molar-refractivity contribution < 1.29 is 43.1 Å². The van der Waals surface area contributed by atoms with Crippen LogP contribution in [0.1, 0.15) is 5.56 Å². The van der Waals surface area contributed by atoms with Crippen molar-refractivity contribution in [3.8, 4) is 0 Å². The number of fused-ring (bicyclic) bond motifs is 5. The van der Waals surface area contributed by atoms with Gasteiger partial charge in [0.1, 0.15) is 18.4 Å². The van der Waals surface area contributed by atoms with E-state index < -0.39 is 64.3 Å². The van der Waals surface area contributed by atoms with Gasteiger partial charge in [0.05, 0.1) is 24.8 Å². The van der Waals surface area contributed by atoms with Crippen LogP contribution < -0.4 is 4.90 Å². The van der Waals surface area contributed by atoms with Crippen LogP contribution in [0.25, 0.3) is 0 Å². The number of esters is 2. The summed E-state index contributed by atoms with van der Waals surface area (Å²) < 4.78 is 15.7. The van der Waals surface area contributed by atoms with Gasteiger partial charge in [-0.3, -0.25) is 34.2 Å². The van der Waals surface area contributed by atoms with Crippen molar-refractivity contribution in [3.63, 3.8) is 0 Å². The van der Waals surface area contributed by atoms with Crippen LogP contribution in [0.3, 0.4) is 0 Å². The molecule has 3 amide bonds. The summed E-state index contributed by atoms with van der Waals surface area (Å²) in [4.78, 5) is 79.3. The van der Waals surface area contributed by atoms with Crippen LogP contribution in [0.4, 0.5) is 11.4 Å². The number of anilines is 1. The number of hydrogen-bond acceptors (Lipinski definition) is 10. The molecular weight excluding hydrogens is 490 g/mol. The Morgan fingerprint density at radius 1 is 0.973 bits per heavy atom. The molecule has 5 rings (SSSR count). The van der Waals surface area contributed by atoms with E-state index in [1.165, 1.54) is 24.3 Å². The number of benzene rings is 2. The van der Waals surface area contributed by atoms with Crippen molar-refractivity contribution >= 4 is 41.0 Å². The number of carbonyl (C=O) groups is 5. The van der Waals surface area contributed by atoms with Gasteiger partial charge in [0.25, 0.3) is 17.2 Å². The van der Waals surface area contributed by atoms with Gasteiger partial charge in [0.2, 0.25) is 11.8 Å². The van der Waals surface area contributed by atoms with Crippen LogP contribution in [0.15, 0.2) is 54.6 Å². The third-order valence-corrected chi connectivity index (χ3v) is 6.96. The topological polar surface area (TPSA) is 163 Å². The van der Waals surface area contributed by atoms with Crippen LogP contribution in [0.5, 0.6) is 0 Å². The number of likely N-dealkylation sites (tertiary alicyclic amines) is 1. The number of carbonyl (C=O) groups excluding carboxylic acids is 5. The average Bonchev–Trinajstić information content (AvgIpc) is 3.47. The molecule has 3 saturated heterocycles. The van der Waals surface area contributed by atoms with E-state index in [1.54, 1.807) is 18.2 Å². The second-order valence-corrected chi connectivity index (χ2v) is 8.60. The Morgan fingerprint density at radius 3 is 2.16 bits per heavy atom. The molecule has 0 N–H and O–H groups in total. The van der Waals surface area contributed by atoms with Gasteiger partial charge in [0.15, 0.2) is 5.72 Å². The standard InChI is InChI=1S/C24H19N3O10/c1-35-16(28)12-25-21(31)23(22(32)36-2)17-18(20(30)26(19(17)29)14-6-4-3-5-7-14)24(25,37-23)13-8-10-15(11-9-13)27(33)34/h3-11,17-18H,12H2,1-2H3. The zero-order chi connectivity index (χ0) is 26.7. The van der Waals surface area contributed by atoms with E-state index in [-0.39, 0.29) is 16.9 Å². The van der Waals surface area contributed by atoms with E-state index in [9.17, 15) is 34.1 Å². The summed E-state index contributed by atoms with van der Waals surface area (Å²) in [5.41, 5.74) is -4.76. The first kappa shape index (κ1) is 24.1. The van der Waals surface area contributed by atoms with Crippen molar-refractivity contribution in [2.45, 2.75) is 11.3 Å². The number of methoxy groups -OCH3 is 2. The van der Waals surface area contributed by atoms with Gasteiger partial charge >= 0.3 is 11.9 Å². The third kappa shape index (κ3) is 2.97. The maximum atomic E-state index is 13.9. The zero-order valence-corrected chi connectivity index (χ0v) is 19.5. The number of non-ortho nitro benzene ring substituents is 1. The summed E-state index contributed by atoms with van der Waals surface area (Å²) in [5.74, 6) is -7.93. The molecule has 3 aliphatic heterocycles. The molecule has 0 spiro atoms. The van der Waals surface area contributed by atoms with Crippen molar-refractivity contribution in [2.24, 2.45) is 11.8 Å². The number of ether oxygens (including phenoxy) is 3. The van der Waals surface area contributed by atoms with Crippen LogP contribution >= 0.6 is 0 Å². The fraction of sp³-hybridized carbons (Fsp3) is 0.292. The summed E-state index contributed by atoms with van der Waals surface area (Å²) in [6.07, 6.45) is 0.